The molecule has 0 saturated carbocycles. The van der Waals surface area contributed by atoms with E-state index < -0.39 is 10.0 Å². The molecule has 172 valence electrons. The lowest BCUT2D eigenvalue weighted by atomic mass is 10.1. The fourth-order valence-corrected chi connectivity index (χ4v) is 6.42. The van der Waals surface area contributed by atoms with Crippen molar-refractivity contribution in [3.8, 4) is 0 Å². The van der Waals surface area contributed by atoms with Crippen LogP contribution in [0.4, 0.5) is 0 Å². The van der Waals surface area contributed by atoms with Crippen LogP contribution in [0.5, 0.6) is 0 Å². The predicted octanol–water partition coefficient (Wildman–Crippen LogP) is 3.78. The topological polar surface area (TPSA) is 60.9 Å². The van der Waals surface area contributed by atoms with Crippen LogP contribution in [-0.4, -0.2) is 67.7 Å². The molecule has 2 saturated heterocycles. The van der Waals surface area contributed by atoms with Crippen molar-refractivity contribution in [2.45, 2.75) is 37.6 Å². The van der Waals surface area contributed by atoms with Gasteiger partial charge in [-0.3, -0.25) is 9.69 Å². The van der Waals surface area contributed by atoms with E-state index in [0.717, 1.165) is 38.9 Å². The Morgan fingerprint density at radius 3 is 2.31 bits per heavy atom. The van der Waals surface area contributed by atoms with Gasteiger partial charge in [0.25, 0.3) is 5.91 Å². The third-order valence-electron chi connectivity index (χ3n) is 6.43. The largest absolute Gasteiger partial charge is 0.336 e. The Labute approximate surface area is 195 Å². The van der Waals surface area contributed by atoms with Crippen molar-refractivity contribution in [3.63, 3.8) is 0 Å². The molecule has 0 aliphatic carbocycles. The molecule has 0 atom stereocenters. The van der Waals surface area contributed by atoms with Crippen LogP contribution in [0.2, 0.25) is 5.02 Å². The van der Waals surface area contributed by atoms with E-state index in [1.54, 1.807) is 11.0 Å². The third-order valence-corrected chi connectivity index (χ3v) is 8.81. The van der Waals surface area contributed by atoms with Gasteiger partial charge < -0.3 is 4.90 Å². The number of sulfonamides is 1. The molecule has 2 heterocycles. The Morgan fingerprint density at radius 1 is 0.938 bits per heavy atom. The number of carbonyl (C=O) groups excluding carboxylic acids is 1. The molecule has 0 spiro atoms. The molecule has 0 bridgehead atoms. The van der Waals surface area contributed by atoms with Gasteiger partial charge in [0, 0.05) is 51.4 Å². The SMILES string of the molecule is Cc1ccccc1CN1CCN(C(=O)c2ccc(Cl)c(S(=O)(=O)N3CCCCC3)c2)CC1. The van der Waals surface area contributed by atoms with Gasteiger partial charge in [0.2, 0.25) is 10.0 Å². The second-order valence-corrected chi connectivity index (χ2v) is 10.9. The molecule has 0 radical (unpaired) electrons. The summed E-state index contributed by atoms with van der Waals surface area (Å²) in [6.45, 7) is 6.78. The van der Waals surface area contributed by atoms with Gasteiger partial charge in [-0.1, -0.05) is 42.3 Å². The molecular formula is C24H30ClN3O3S. The van der Waals surface area contributed by atoms with Crippen LogP contribution < -0.4 is 0 Å². The van der Waals surface area contributed by atoms with Crippen LogP contribution >= 0.6 is 11.6 Å². The first-order chi connectivity index (χ1) is 15.4. The summed E-state index contributed by atoms with van der Waals surface area (Å²) in [6, 6.07) is 13.0. The standard InChI is InChI=1S/C24H30ClN3O3S/c1-19-7-3-4-8-21(19)18-26-13-15-27(16-14-26)24(29)20-9-10-22(25)23(17-20)32(30,31)28-11-5-2-6-12-28/h3-4,7-10,17H,2,5-6,11-16,18H2,1H3. The summed E-state index contributed by atoms with van der Waals surface area (Å²) in [5, 5.41) is 0.162. The van der Waals surface area contributed by atoms with Crippen LogP contribution in [0.15, 0.2) is 47.4 Å². The van der Waals surface area contributed by atoms with E-state index in [1.165, 1.54) is 27.6 Å². The molecule has 1 amide bonds. The van der Waals surface area contributed by atoms with E-state index >= 15 is 0 Å². The van der Waals surface area contributed by atoms with E-state index in [0.29, 0.717) is 31.7 Å². The summed E-state index contributed by atoms with van der Waals surface area (Å²) >= 11 is 6.26. The van der Waals surface area contributed by atoms with Gasteiger partial charge in [0.05, 0.1) is 5.02 Å². The molecule has 0 unspecified atom stereocenters. The molecule has 4 rings (SSSR count). The summed E-state index contributed by atoms with van der Waals surface area (Å²) in [6.07, 6.45) is 2.73. The zero-order chi connectivity index (χ0) is 22.7. The van der Waals surface area contributed by atoms with Crippen LogP contribution in [0.3, 0.4) is 0 Å². The lowest BCUT2D eigenvalue weighted by Crippen LogP contribution is -2.48. The van der Waals surface area contributed by atoms with Crippen LogP contribution in [-0.2, 0) is 16.6 Å². The normalized spacial score (nSPS) is 18.6. The maximum atomic E-state index is 13.1. The Hall–Kier alpha value is -1.93. The zero-order valence-corrected chi connectivity index (χ0v) is 20.0. The van der Waals surface area contributed by atoms with Gasteiger partial charge in [0.15, 0.2) is 0 Å². The zero-order valence-electron chi connectivity index (χ0n) is 18.5. The number of benzene rings is 2. The van der Waals surface area contributed by atoms with Crippen molar-refractivity contribution in [1.29, 1.82) is 0 Å². The highest BCUT2D eigenvalue weighted by Gasteiger charge is 2.30. The van der Waals surface area contributed by atoms with Gasteiger partial charge in [-0.2, -0.15) is 4.31 Å². The second kappa shape index (κ2) is 9.91. The summed E-state index contributed by atoms with van der Waals surface area (Å²) in [5.74, 6) is -0.146. The maximum absolute atomic E-state index is 13.1. The van der Waals surface area contributed by atoms with Gasteiger partial charge in [-0.05, 0) is 49.1 Å². The van der Waals surface area contributed by atoms with Crippen molar-refractivity contribution in [2.24, 2.45) is 0 Å². The highest BCUT2D eigenvalue weighted by atomic mass is 35.5. The average molecular weight is 476 g/mol. The van der Waals surface area contributed by atoms with Crippen molar-refractivity contribution < 1.29 is 13.2 Å². The fourth-order valence-electron chi connectivity index (χ4n) is 4.40. The number of hydrogen-bond acceptors (Lipinski definition) is 4. The van der Waals surface area contributed by atoms with E-state index in [-0.39, 0.29) is 15.8 Å². The predicted molar refractivity (Wildman–Crippen MR) is 126 cm³/mol. The van der Waals surface area contributed by atoms with E-state index in [4.69, 9.17) is 11.6 Å². The molecule has 8 heteroatoms. The minimum Gasteiger partial charge on any atom is -0.336 e. The molecule has 2 aliphatic rings. The lowest BCUT2D eigenvalue weighted by Gasteiger charge is -2.35. The maximum Gasteiger partial charge on any atom is 0.253 e. The van der Waals surface area contributed by atoms with E-state index in [2.05, 4.69) is 30.0 Å². The number of hydrogen-bond donors (Lipinski definition) is 0. The minimum atomic E-state index is -3.70. The molecule has 2 aliphatic heterocycles. The first-order valence-electron chi connectivity index (χ1n) is 11.2. The van der Waals surface area contributed by atoms with Crippen molar-refractivity contribution in [3.05, 3.63) is 64.2 Å². The molecular weight excluding hydrogens is 446 g/mol. The third kappa shape index (κ3) is 5.01. The molecule has 32 heavy (non-hydrogen) atoms. The molecule has 0 aromatic heterocycles. The monoisotopic (exact) mass is 475 g/mol. The van der Waals surface area contributed by atoms with E-state index in [1.807, 2.05) is 6.07 Å². The Kier molecular flexibility index (Phi) is 7.20. The van der Waals surface area contributed by atoms with Crippen LogP contribution in [0, 0.1) is 6.92 Å². The van der Waals surface area contributed by atoms with Gasteiger partial charge in [0.1, 0.15) is 4.90 Å². The summed E-state index contributed by atoms with van der Waals surface area (Å²) in [7, 11) is -3.70. The summed E-state index contributed by atoms with van der Waals surface area (Å²) < 4.78 is 27.7. The van der Waals surface area contributed by atoms with Crippen LogP contribution in [0.1, 0.15) is 40.7 Å². The second-order valence-electron chi connectivity index (χ2n) is 8.60. The Balaban J connectivity index is 1.44. The summed E-state index contributed by atoms with van der Waals surface area (Å²) in [4.78, 5) is 17.3. The number of aryl methyl sites for hydroxylation is 1. The van der Waals surface area contributed by atoms with Crippen molar-refractivity contribution in [1.82, 2.24) is 14.1 Å². The highest BCUT2D eigenvalue weighted by molar-refractivity contribution is 7.89. The molecule has 2 aromatic carbocycles. The number of carbonyl (C=O) groups is 1. The first kappa shape index (κ1) is 23.2. The fraction of sp³-hybridized carbons (Fsp3) is 0.458. The van der Waals surface area contributed by atoms with Gasteiger partial charge >= 0.3 is 0 Å². The molecule has 0 N–H and O–H groups in total. The first-order valence-corrected chi connectivity index (χ1v) is 13.0. The Morgan fingerprint density at radius 2 is 1.62 bits per heavy atom. The van der Waals surface area contributed by atoms with Gasteiger partial charge in [-0.25, -0.2) is 8.42 Å². The number of piperidine rings is 1. The molecule has 2 fully saturated rings. The minimum absolute atomic E-state index is 0.0325. The number of halogens is 1. The van der Waals surface area contributed by atoms with Crippen LogP contribution in [0.25, 0.3) is 0 Å². The Bertz CT molecular complexity index is 1080. The number of nitrogens with zero attached hydrogens (tertiary/aromatic N) is 3. The summed E-state index contributed by atoms with van der Waals surface area (Å²) in [5.41, 5.74) is 2.95. The van der Waals surface area contributed by atoms with Crippen molar-refractivity contribution in [2.75, 3.05) is 39.3 Å². The van der Waals surface area contributed by atoms with E-state index in [9.17, 15) is 13.2 Å². The average Bonchev–Trinajstić information content (AvgIpc) is 2.81. The number of amides is 1. The van der Waals surface area contributed by atoms with Gasteiger partial charge in [-0.15, -0.1) is 0 Å². The smallest absolute Gasteiger partial charge is 0.253 e. The molecule has 2 aromatic rings. The van der Waals surface area contributed by atoms with Crippen molar-refractivity contribution >= 4 is 27.5 Å². The number of piperazine rings is 1. The molecule has 6 nitrogen and oxygen atoms in total. The quantitative estimate of drug-likeness (QED) is 0.660. The highest BCUT2D eigenvalue weighted by Crippen LogP contribution is 2.28. The lowest BCUT2D eigenvalue weighted by molar-refractivity contribution is 0.0628. The number of rotatable bonds is 5.